The highest BCUT2D eigenvalue weighted by atomic mass is 16.5. The Morgan fingerprint density at radius 1 is 1.13 bits per heavy atom. The quantitative estimate of drug-likeness (QED) is 0.544. The number of carbonyl (C=O) groups excluding carboxylic acids is 1. The Labute approximate surface area is 135 Å². The predicted octanol–water partition coefficient (Wildman–Crippen LogP) is 3.77. The minimum absolute atomic E-state index is 0.345. The number of hydrogen-bond acceptors (Lipinski definition) is 3. The van der Waals surface area contributed by atoms with Crippen molar-refractivity contribution in [1.82, 2.24) is 9.78 Å². The van der Waals surface area contributed by atoms with Gasteiger partial charge in [0.2, 0.25) is 0 Å². The number of ether oxygens (including phenoxy) is 1. The lowest BCUT2D eigenvalue weighted by molar-refractivity contribution is 0.0733. The Morgan fingerprint density at radius 3 is 2.57 bits per heavy atom. The van der Waals surface area contributed by atoms with Gasteiger partial charge in [0.05, 0.1) is 12.1 Å². The summed E-state index contributed by atoms with van der Waals surface area (Å²) in [5.41, 5.74) is 3.71. The van der Waals surface area contributed by atoms with Crippen LogP contribution in [0, 0.1) is 13.8 Å². The van der Waals surface area contributed by atoms with Crippen LogP contribution in [0.2, 0.25) is 0 Å². The van der Waals surface area contributed by atoms with Gasteiger partial charge in [0.25, 0.3) is 0 Å². The van der Waals surface area contributed by atoms with Gasteiger partial charge in [0.15, 0.2) is 0 Å². The minimum atomic E-state index is -0.345. The molecule has 2 aromatic carbocycles. The Balaban J connectivity index is 1.70. The van der Waals surface area contributed by atoms with E-state index in [9.17, 15) is 4.79 Å². The van der Waals surface area contributed by atoms with Crippen LogP contribution in [0.3, 0.4) is 0 Å². The van der Waals surface area contributed by atoms with Crippen molar-refractivity contribution in [2.24, 2.45) is 0 Å². The van der Waals surface area contributed by atoms with E-state index in [1.807, 2.05) is 61.1 Å². The highest BCUT2D eigenvalue weighted by Crippen LogP contribution is 2.20. The number of aryl methyl sites for hydroxylation is 2. The zero-order valence-corrected chi connectivity index (χ0v) is 13.2. The van der Waals surface area contributed by atoms with Gasteiger partial charge in [-0.2, -0.15) is 5.10 Å². The van der Waals surface area contributed by atoms with Crippen LogP contribution in [0.15, 0.2) is 60.9 Å². The smallest absolute Gasteiger partial charge is 0.343 e. The van der Waals surface area contributed by atoms with E-state index in [2.05, 4.69) is 5.10 Å². The van der Waals surface area contributed by atoms with Gasteiger partial charge in [0, 0.05) is 12.4 Å². The molecule has 4 nitrogen and oxygen atoms in total. The molecule has 0 unspecified atom stereocenters. The normalized spacial score (nSPS) is 10.5. The second kappa shape index (κ2) is 6.48. The second-order valence-electron chi connectivity index (χ2n) is 5.56. The Morgan fingerprint density at radius 2 is 1.91 bits per heavy atom. The second-order valence-corrected chi connectivity index (χ2v) is 5.56. The predicted molar refractivity (Wildman–Crippen MR) is 88.6 cm³/mol. The Hall–Kier alpha value is -2.88. The van der Waals surface area contributed by atoms with E-state index in [4.69, 9.17) is 4.74 Å². The van der Waals surface area contributed by atoms with Crippen molar-refractivity contribution < 1.29 is 9.53 Å². The lowest BCUT2D eigenvalue weighted by atomic mass is 10.1. The molecule has 0 aliphatic carbocycles. The zero-order valence-electron chi connectivity index (χ0n) is 13.2. The number of carbonyl (C=O) groups is 1. The number of nitrogens with zero attached hydrogens (tertiary/aromatic N) is 2. The standard InChI is InChI=1S/C19H18N2O2/c1-14-4-9-18(15(2)12-14)23-19(22)17-7-5-16(6-8-17)13-21-11-3-10-20-21/h3-12H,13H2,1-2H3. The molecule has 0 N–H and O–H groups in total. The topological polar surface area (TPSA) is 44.1 Å². The number of rotatable bonds is 4. The molecule has 0 atom stereocenters. The molecule has 0 aliphatic rings. The summed E-state index contributed by atoms with van der Waals surface area (Å²) < 4.78 is 7.31. The third-order valence-electron chi connectivity index (χ3n) is 3.63. The minimum Gasteiger partial charge on any atom is -0.423 e. The van der Waals surface area contributed by atoms with Crippen molar-refractivity contribution >= 4 is 5.97 Å². The molecule has 0 aliphatic heterocycles. The van der Waals surface area contributed by atoms with Gasteiger partial charge in [0.1, 0.15) is 5.75 Å². The molecule has 116 valence electrons. The van der Waals surface area contributed by atoms with Crippen LogP contribution in [0.4, 0.5) is 0 Å². The first kappa shape index (κ1) is 15.0. The van der Waals surface area contributed by atoms with Gasteiger partial charge in [-0.05, 0) is 49.2 Å². The van der Waals surface area contributed by atoms with Crippen molar-refractivity contribution in [3.63, 3.8) is 0 Å². The molecule has 1 heterocycles. The lowest BCUT2D eigenvalue weighted by Gasteiger charge is -2.08. The molecule has 0 saturated carbocycles. The summed E-state index contributed by atoms with van der Waals surface area (Å²) in [7, 11) is 0. The number of aromatic nitrogens is 2. The third kappa shape index (κ3) is 3.66. The van der Waals surface area contributed by atoms with Crippen LogP contribution in [0.5, 0.6) is 5.75 Å². The van der Waals surface area contributed by atoms with E-state index < -0.39 is 0 Å². The van der Waals surface area contributed by atoms with E-state index in [-0.39, 0.29) is 5.97 Å². The van der Waals surface area contributed by atoms with E-state index in [0.717, 1.165) is 16.7 Å². The fourth-order valence-corrected chi connectivity index (χ4v) is 2.40. The van der Waals surface area contributed by atoms with Crippen LogP contribution in [0.1, 0.15) is 27.0 Å². The van der Waals surface area contributed by atoms with Crippen LogP contribution in [-0.4, -0.2) is 15.7 Å². The first-order valence-electron chi connectivity index (χ1n) is 7.47. The van der Waals surface area contributed by atoms with Crippen molar-refractivity contribution in [1.29, 1.82) is 0 Å². The van der Waals surface area contributed by atoms with Crippen molar-refractivity contribution in [3.05, 3.63) is 83.2 Å². The highest BCUT2D eigenvalue weighted by Gasteiger charge is 2.10. The van der Waals surface area contributed by atoms with Gasteiger partial charge >= 0.3 is 5.97 Å². The van der Waals surface area contributed by atoms with Crippen molar-refractivity contribution in [2.75, 3.05) is 0 Å². The van der Waals surface area contributed by atoms with E-state index in [0.29, 0.717) is 17.9 Å². The van der Waals surface area contributed by atoms with Gasteiger partial charge in [-0.15, -0.1) is 0 Å². The Bertz CT molecular complexity index is 806. The molecule has 1 aromatic heterocycles. The van der Waals surface area contributed by atoms with Crippen LogP contribution < -0.4 is 4.74 Å². The summed E-state index contributed by atoms with van der Waals surface area (Å²) in [6.07, 6.45) is 3.65. The SMILES string of the molecule is Cc1ccc(OC(=O)c2ccc(Cn3cccn3)cc2)c(C)c1. The lowest BCUT2D eigenvalue weighted by Crippen LogP contribution is -2.09. The van der Waals surface area contributed by atoms with Crippen LogP contribution >= 0.6 is 0 Å². The van der Waals surface area contributed by atoms with Crippen LogP contribution in [-0.2, 0) is 6.54 Å². The molecular formula is C19H18N2O2. The summed E-state index contributed by atoms with van der Waals surface area (Å²) in [5.74, 6) is 0.254. The largest absolute Gasteiger partial charge is 0.423 e. The summed E-state index contributed by atoms with van der Waals surface area (Å²) in [5, 5.41) is 4.17. The highest BCUT2D eigenvalue weighted by molar-refractivity contribution is 5.91. The average molecular weight is 306 g/mol. The van der Waals surface area contributed by atoms with Gasteiger partial charge in [-0.3, -0.25) is 4.68 Å². The molecule has 0 radical (unpaired) electrons. The van der Waals surface area contributed by atoms with E-state index in [1.54, 1.807) is 18.3 Å². The number of hydrogen-bond donors (Lipinski definition) is 0. The molecule has 0 spiro atoms. The fraction of sp³-hybridized carbons (Fsp3) is 0.158. The van der Waals surface area contributed by atoms with Gasteiger partial charge < -0.3 is 4.74 Å². The van der Waals surface area contributed by atoms with Gasteiger partial charge in [-0.1, -0.05) is 29.8 Å². The molecule has 0 fully saturated rings. The summed E-state index contributed by atoms with van der Waals surface area (Å²) in [6, 6.07) is 15.0. The summed E-state index contributed by atoms with van der Waals surface area (Å²) in [4.78, 5) is 12.2. The summed E-state index contributed by atoms with van der Waals surface area (Å²) in [6.45, 7) is 4.62. The van der Waals surface area contributed by atoms with Crippen molar-refractivity contribution in [2.45, 2.75) is 20.4 Å². The first-order valence-corrected chi connectivity index (χ1v) is 7.47. The molecule has 23 heavy (non-hydrogen) atoms. The Kier molecular flexibility index (Phi) is 4.24. The maximum Gasteiger partial charge on any atom is 0.343 e. The molecule has 4 heteroatoms. The van der Waals surface area contributed by atoms with Crippen LogP contribution in [0.25, 0.3) is 0 Å². The molecular weight excluding hydrogens is 288 g/mol. The summed E-state index contributed by atoms with van der Waals surface area (Å²) >= 11 is 0. The average Bonchev–Trinajstić information content (AvgIpc) is 3.04. The van der Waals surface area contributed by atoms with E-state index in [1.165, 1.54) is 0 Å². The molecule has 3 rings (SSSR count). The maximum atomic E-state index is 12.2. The molecule has 0 amide bonds. The third-order valence-corrected chi connectivity index (χ3v) is 3.63. The number of benzene rings is 2. The molecule has 0 saturated heterocycles. The fourth-order valence-electron chi connectivity index (χ4n) is 2.40. The molecule has 0 bridgehead atoms. The molecule has 3 aromatic rings. The van der Waals surface area contributed by atoms with E-state index >= 15 is 0 Å². The number of esters is 1. The first-order chi connectivity index (χ1) is 11.1. The maximum absolute atomic E-state index is 12.2. The monoisotopic (exact) mass is 306 g/mol. The van der Waals surface area contributed by atoms with Crippen molar-refractivity contribution in [3.8, 4) is 5.75 Å². The van der Waals surface area contributed by atoms with Gasteiger partial charge in [-0.25, -0.2) is 4.79 Å². The zero-order chi connectivity index (χ0) is 16.2.